The van der Waals surface area contributed by atoms with E-state index >= 15 is 0 Å². The molecule has 1 aromatic carbocycles. The molecule has 2 aromatic rings. The Balaban J connectivity index is 1.89. The smallest absolute Gasteiger partial charge is 0.197 e. The second-order valence-corrected chi connectivity index (χ2v) is 6.10. The second kappa shape index (κ2) is 6.54. The first-order valence-electron chi connectivity index (χ1n) is 7.25. The molecule has 1 aliphatic heterocycles. The molecule has 1 aliphatic rings. The minimum absolute atomic E-state index is 0.0545. The first-order valence-corrected chi connectivity index (χ1v) is 8.00. The van der Waals surface area contributed by atoms with Gasteiger partial charge in [-0.1, -0.05) is 36.2 Å². The SMILES string of the molecule is CCC1COC(CCc2nc[nH]n2)(c2ccc(Cl)cc2Cl)O1. The van der Waals surface area contributed by atoms with Gasteiger partial charge in [-0.25, -0.2) is 4.98 Å². The number of benzene rings is 1. The van der Waals surface area contributed by atoms with E-state index in [1.165, 1.54) is 0 Å². The molecule has 0 saturated carbocycles. The minimum Gasteiger partial charge on any atom is -0.343 e. The van der Waals surface area contributed by atoms with Gasteiger partial charge >= 0.3 is 0 Å². The van der Waals surface area contributed by atoms with Crippen molar-refractivity contribution in [3.05, 3.63) is 46.0 Å². The average Bonchev–Trinajstić information content (AvgIpc) is 3.15. The van der Waals surface area contributed by atoms with Crippen molar-refractivity contribution in [1.29, 1.82) is 0 Å². The van der Waals surface area contributed by atoms with Crippen molar-refractivity contribution in [1.82, 2.24) is 15.2 Å². The summed E-state index contributed by atoms with van der Waals surface area (Å²) in [5.74, 6) is -0.153. The lowest BCUT2D eigenvalue weighted by atomic mass is 10.00. The third kappa shape index (κ3) is 3.13. The molecule has 2 unspecified atom stereocenters. The van der Waals surface area contributed by atoms with E-state index in [2.05, 4.69) is 22.1 Å². The van der Waals surface area contributed by atoms with Gasteiger partial charge in [0.15, 0.2) is 11.6 Å². The van der Waals surface area contributed by atoms with Crippen LogP contribution in [0.1, 0.15) is 31.2 Å². The van der Waals surface area contributed by atoms with Crippen LogP contribution >= 0.6 is 23.2 Å². The molecule has 118 valence electrons. The van der Waals surface area contributed by atoms with E-state index in [-0.39, 0.29) is 6.10 Å². The standard InChI is InChI=1S/C15H17Cl2N3O2/c1-2-11-8-21-15(22-11,6-5-14-18-9-19-20-14)12-4-3-10(16)7-13(12)17/h3-4,7,9,11H,2,5-6,8H2,1H3,(H,18,19,20). The Bertz CT molecular complexity index is 636. The maximum absolute atomic E-state index is 6.37. The highest BCUT2D eigenvalue weighted by atomic mass is 35.5. The molecule has 1 aromatic heterocycles. The lowest BCUT2D eigenvalue weighted by molar-refractivity contribution is -0.181. The summed E-state index contributed by atoms with van der Waals surface area (Å²) in [6, 6.07) is 5.36. The van der Waals surface area contributed by atoms with Crippen molar-refractivity contribution in [3.63, 3.8) is 0 Å². The number of hydrogen-bond acceptors (Lipinski definition) is 4. The predicted octanol–water partition coefficient (Wildman–Crippen LogP) is 3.72. The Kier molecular flexibility index (Phi) is 4.68. The van der Waals surface area contributed by atoms with E-state index < -0.39 is 5.79 Å². The van der Waals surface area contributed by atoms with E-state index in [1.807, 2.05) is 6.07 Å². The molecule has 0 amide bonds. The summed E-state index contributed by atoms with van der Waals surface area (Å²) in [7, 11) is 0. The van der Waals surface area contributed by atoms with Gasteiger partial charge in [0.05, 0.1) is 17.7 Å². The Hall–Kier alpha value is -1.14. The fraction of sp³-hybridized carbons (Fsp3) is 0.467. The zero-order chi connectivity index (χ0) is 15.6. The third-order valence-corrected chi connectivity index (χ3v) is 4.35. The predicted molar refractivity (Wildman–Crippen MR) is 84.0 cm³/mol. The molecule has 1 N–H and O–H groups in total. The van der Waals surface area contributed by atoms with Gasteiger partial charge in [0.1, 0.15) is 6.33 Å². The first-order chi connectivity index (χ1) is 10.6. The van der Waals surface area contributed by atoms with Gasteiger partial charge in [0.2, 0.25) is 0 Å². The number of H-pyrrole nitrogens is 1. The van der Waals surface area contributed by atoms with E-state index in [9.17, 15) is 0 Å². The van der Waals surface area contributed by atoms with Crippen LogP contribution in [0.3, 0.4) is 0 Å². The van der Waals surface area contributed by atoms with Crippen LogP contribution in [0.25, 0.3) is 0 Å². The molecule has 0 aliphatic carbocycles. The van der Waals surface area contributed by atoms with Gasteiger partial charge in [0.25, 0.3) is 0 Å². The largest absolute Gasteiger partial charge is 0.343 e. The van der Waals surface area contributed by atoms with Gasteiger partial charge in [0, 0.05) is 23.4 Å². The molecule has 2 atom stereocenters. The van der Waals surface area contributed by atoms with E-state index in [0.29, 0.717) is 29.5 Å². The minimum atomic E-state index is -0.872. The fourth-order valence-corrected chi connectivity index (χ4v) is 3.16. The van der Waals surface area contributed by atoms with E-state index in [4.69, 9.17) is 32.7 Å². The molecule has 22 heavy (non-hydrogen) atoms. The van der Waals surface area contributed by atoms with Crippen LogP contribution in [0.4, 0.5) is 0 Å². The van der Waals surface area contributed by atoms with Crippen molar-refractivity contribution in [3.8, 4) is 0 Å². The summed E-state index contributed by atoms with van der Waals surface area (Å²) < 4.78 is 12.2. The lowest BCUT2D eigenvalue weighted by Gasteiger charge is -2.29. The number of aromatic nitrogens is 3. The Morgan fingerprint density at radius 2 is 2.27 bits per heavy atom. The summed E-state index contributed by atoms with van der Waals surface area (Å²) in [5, 5.41) is 7.91. The molecule has 0 bridgehead atoms. The highest BCUT2D eigenvalue weighted by molar-refractivity contribution is 6.35. The molecule has 5 nitrogen and oxygen atoms in total. The summed E-state index contributed by atoms with van der Waals surface area (Å²) in [6.07, 6.45) is 3.71. The van der Waals surface area contributed by atoms with Gasteiger partial charge in [-0.05, 0) is 18.6 Å². The van der Waals surface area contributed by atoms with Crippen molar-refractivity contribution >= 4 is 23.2 Å². The quantitative estimate of drug-likeness (QED) is 0.900. The second-order valence-electron chi connectivity index (χ2n) is 5.25. The van der Waals surface area contributed by atoms with Gasteiger partial charge < -0.3 is 9.47 Å². The summed E-state index contributed by atoms with van der Waals surface area (Å²) in [6.45, 7) is 2.62. The maximum atomic E-state index is 6.37. The molecule has 0 radical (unpaired) electrons. The highest BCUT2D eigenvalue weighted by Gasteiger charge is 2.43. The third-order valence-electron chi connectivity index (χ3n) is 3.80. The molecular formula is C15H17Cl2N3O2. The number of nitrogens with one attached hydrogen (secondary N) is 1. The van der Waals surface area contributed by atoms with Crippen molar-refractivity contribution in [2.45, 2.75) is 38.1 Å². The number of aryl methyl sites for hydroxylation is 1. The zero-order valence-corrected chi connectivity index (χ0v) is 13.7. The van der Waals surface area contributed by atoms with Crippen molar-refractivity contribution in [2.75, 3.05) is 6.61 Å². The molecule has 0 spiro atoms. The maximum Gasteiger partial charge on any atom is 0.197 e. The number of rotatable bonds is 5. The van der Waals surface area contributed by atoms with E-state index in [0.717, 1.165) is 17.8 Å². The van der Waals surface area contributed by atoms with Gasteiger partial charge in [-0.15, -0.1) is 0 Å². The Morgan fingerprint density at radius 3 is 2.91 bits per heavy atom. The summed E-state index contributed by atoms with van der Waals surface area (Å²) in [5.41, 5.74) is 0.796. The lowest BCUT2D eigenvalue weighted by Crippen LogP contribution is -2.29. The summed E-state index contributed by atoms with van der Waals surface area (Å²) >= 11 is 12.4. The Labute approximate surface area is 138 Å². The number of nitrogens with zero attached hydrogens (tertiary/aromatic N) is 2. The van der Waals surface area contributed by atoms with Crippen LogP contribution in [0.15, 0.2) is 24.5 Å². The first kappa shape index (κ1) is 15.7. The number of halogens is 2. The average molecular weight is 342 g/mol. The topological polar surface area (TPSA) is 60.0 Å². The van der Waals surface area contributed by atoms with Crippen LogP contribution in [0.5, 0.6) is 0 Å². The molecule has 2 heterocycles. The van der Waals surface area contributed by atoms with Crippen molar-refractivity contribution in [2.24, 2.45) is 0 Å². The van der Waals surface area contributed by atoms with Gasteiger partial charge in [-0.3, -0.25) is 5.10 Å². The highest BCUT2D eigenvalue weighted by Crippen LogP contribution is 2.42. The van der Waals surface area contributed by atoms with Crippen molar-refractivity contribution < 1.29 is 9.47 Å². The zero-order valence-electron chi connectivity index (χ0n) is 12.2. The number of aromatic amines is 1. The molecular weight excluding hydrogens is 325 g/mol. The van der Waals surface area contributed by atoms with Crippen LogP contribution in [0.2, 0.25) is 10.0 Å². The molecule has 1 saturated heterocycles. The normalized spacial score (nSPS) is 24.8. The van der Waals surface area contributed by atoms with Crippen LogP contribution < -0.4 is 0 Å². The number of hydrogen-bond donors (Lipinski definition) is 1. The van der Waals surface area contributed by atoms with Crippen LogP contribution in [0, 0.1) is 0 Å². The fourth-order valence-electron chi connectivity index (χ4n) is 2.60. The monoisotopic (exact) mass is 341 g/mol. The Morgan fingerprint density at radius 1 is 1.41 bits per heavy atom. The van der Waals surface area contributed by atoms with Crippen LogP contribution in [-0.2, 0) is 21.7 Å². The molecule has 3 rings (SSSR count). The molecule has 7 heteroatoms. The molecule has 1 fully saturated rings. The summed E-state index contributed by atoms with van der Waals surface area (Å²) in [4.78, 5) is 4.15. The van der Waals surface area contributed by atoms with Crippen LogP contribution in [-0.4, -0.2) is 27.9 Å². The number of ether oxygens (including phenoxy) is 2. The van der Waals surface area contributed by atoms with Gasteiger partial charge in [-0.2, -0.15) is 5.10 Å². The van der Waals surface area contributed by atoms with E-state index in [1.54, 1.807) is 18.5 Å².